The number of carboxylic acid groups (broad SMARTS) is 1. The van der Waals surface area contributed by atoms with Gasteiger partial charge in [0.2, 0.25) is 0 Å². The van der Waals surface area contributed by atoms with Crippen LogP contribution in [-0.4, -0.2) is 26.0 Å². The monoisotopic (exact) mass is 305 g/mol. The molecule has 2 heterocycles. The maximum absolute atomic E-state index is 11.6. The Morgan fingerprint density at radius 3 is 2.76 bits per heavy atom. The van der Waals surface area contributed by atoms with Crippen molar-refractivity contribution >= 4 is 17.7 Å². The van der Waals surface area contributed by atoms with Gasteiger partial charge in [0, 0.05) is 17.5 Å². The van der Waals surface area contributed by atoms with Crippen LogP contribution in [0.2, 0.25) is 0 Å². The molecule has 2 N–H and O–H groups in total. The van der Waals surface area contributed by atoms with Crippen molar-refractivity contribution in [3.63, 3.8) is 0 Å². The number of pyridine rings is 1. The maximum Gasteiger partial charge on any atom is 0.335 e. The van der Waals surface area contributed by atoms with Gasteiger partial charge in [0.25, 0.3) is 5.56 Å². The highest BCUT2D eigenvalue weighted by Crippen LogP contribution is 2.23. The minimum absolute atomic E-state index is 0.164. The molecule has 2 aromatic heterocycles. The number of aromatic carboxylic acids is 1. The van der Waals surface area contributed by atoms with Crippen molar-refractivity contribution in [1.82, 2.24) is 15.0 Å². The number of aromatic nitrogens is 3. The Balaban J connectivity index is 2.33. The van der Waals surface area contributed by atoms with Gasteiger partial charge in [-0.3, -0.25) is 4.79 Å². The Bertz CT molecular complexity index is 728. The van der Waals surface area contributed by atoms with E-state index in [-0.39, 0.29) is 11.1 Å². The number of aromatic amines is 1. The normalized spacial score (nSPS) is 10.6. The highest BCUT2D eigenvalue weighted by Gasteiger charge is 2.10. The van der Waals surface area contributed by atoms with E-state index in [1.165, 1.54) is 18.2 Å². The van der Waals surface area contributed by atoms with Crippen LogP contribution < -0.4 is 5.56 Å². The molecule has 2 rings (SSSR count). The number of hydrogen-bond donors (Lipinski definition) is 2. The number of nitrogens with zero attached hydrogens (tertiary/aromatic N) is 2. The Morgan fingerprint density at radius 1 is 1.33 bits per heavy atom. The SMILES string of the molecule is CCCc1cc(=O)[nH]c(Sc2cc(C(=O)O)cc(C)n2)n1. The van der Waals surface area contributed by atoms with E-state index in [9.17, 15) is 9.59 Å². The number of nitrogens with one attached hydrogen (secondary N) is 1. The molecule has 0 saturated heterocycles. The molecule has 0 fully saturated rings. The molecule has 2 aromatic rings. The van der Waals surface area contributed by atoms with Gasteiger partial charge in [-0.1, -0.05) is 13.3 Å². The van der Waals surface area contributed by atoms with E-state index in [1.54, 1.807) is 6.92 Å². The summed E-state index contributed by atoms with van der Waals surface area (Å²) in [6.07, 6.45) is 1.62. The molecule has 6 nitrogen and oxygen atoms in total. The molecule has 0 aliphatic carbocycles. The van der Waals surface area contributed by atoms with Crippen LogP contribution in [0.3, 0.4) is 0 Å². The number of carbonyl (C=O) groups is 1. The molecule has 0 aliphatic heterocycles. The molecule has 7 heteroatoms. The number of aryl methyl sites for hydroxylation is 2. The van der Waals surface area contributed by atoms with Crippen LogP contribution in [-0.2, 0) is 6.42 Å². The fraction of sp³-hybridized carbons (Fsp3) is 0.286. The van der Waals surface area contributed by atoms with E-state index in [1.807, 2.05) is 6.92 Å². The first kappa shape index (κ1) is 15.2. The van der Waals surface area contributed by atoms with Crippen molar-refractivity contribution in [3.05, 3.63) is 45.5 Å². The van der Waals surface area contributed by atoms with Crippen molar-refractivity contribution in [2.45, 2.75) is 36.9 Å². The van der Waals surface area contributed by atoms with Gasteiger partial charge in [0.15, 0.2) is 5.16 Å². The fourth-order valence-electron chi connectivity index (χ4n) is 1.83. The molecule has 0 amide bonds. The van der Waals surface area contributed by atoms with Crippen LogP contribution in [0.25, 0.3) is 0 Å². The first-order valence-corrected chi connectivity index (χ1v) is 7.29. The van der Waals surface area contributed by atoms with E-state index in [0.717, 1.165) is 30.3 Å². The zero-order valence-corrected chi connectivity index (χ0v) is 12.5. The number of rotatable bonds is 5. The molecular weight excluding hydrogens is 290 g/mol. The molecular formula is C14H15N3O3S. The zero-order chi connectivity index (χ0) is 15.4. The summed E-state index contributed by atoms with van der Waals surface area (Å²) >= 11 is 1.15. The second-order valence-corrected chi connectivity index (χ2v) is 5.54. The third-order valence-corrected chi connectivity index (χ3v) is 3.46. The highest BCUT2D eigenvalue weighted by molar-refractivity contribution is 7.99. The van der Waals surface area contributed by atoms with E-state index in [2.05, 4.69) is 15.0 Å². The zero-order valence-electron chi connectivity index (χ0n) is 11.7. The van der Waals surface area contributed by atoms with E-state index in [4.69, 9.17) is 5.11 Å². The highest BCUT2D eigenvalue weighted by atomic mass is 32.2. The van der Waals surface area contributed by atoms with Crippen molar-refractivity contribution in [1.29, 1.82) is 0 Å². The van der Waals surface area contributed by atoms with Crippen LogP contribution >= 0.6 is 11.8 Å². The lowest BCUT2D eigenvalue weighted by atomic mass is 10.2. The minimum Gasteiger partial charge on any atom is -0.478 e. The predicted octanol–water partition coefficient (Wildman–Crippen LogP) is 2.28. The Labute approximate surface area is 125 Å². The fourth-order valence-corrected chi connectivity index (χ4v) is 2.72. The first-order chi connectivity index (χ1) is 9.97. The Hall–Kier alpha value is -2.15. The van der Waals surface area contributed by atoms with Gasteiger partial charge in [0.05, 0.1) is 5.56 Å². The molecule has 0 spiro atoms. The third-order valence-electron chi connectivity index (χ3n) is 2.66. The van der Waals surface area contributed by atoms with Gasteiger partial charge in [-0.2, -0.15) is 0 Å². The lowest BCUT2D eigenvalue weighted by molar-refractivity contribution is 0.0696. The summed E-state index contributed by atoms with van der Waals surface area (Å²) in [5, 5.41) is 9.95. The average molecular weight is 305 g/mol. The predicted molar refractivity (Wildman–Crippen MR) is 78.9 cm³/mol. The molecule has 0 unspecified atom stereocenters. The Kier molecular flexibility index (Phi) is 4.74. The molecule has 0 saturated carbocycles. The van der Waals surface area contributed by atoms with Crippen LogP contribution in [0.1, 0.15) is 35.1 Å². The molecule has 21 heavy (non-hydrogen) atoms. The third kappa shape index (κ3) is 4.16. The molecule has 0 atom stereocenters. The molecule has 0 radical (unpaired) electrons. The lowest BCUT2D eigenvalue weighted by Crippen LogP contribution is -2.10. The van der Waals surface area contributed by atoms with Crippen molar-refractivity contribution in [3.8, 4) is 0 Å². The van der Waals surface area contributed by atoms with Gasteiger partial charge in [-0.15, -0.1) is 0 Å². The van der Waals surface area contributed by atoms with Gasteiger partial charge in [0.1, 0.15) is 5.03 Å². The molecule has 110 valence electrons. The molecule has 0 aromatic carbocycles. The largest absolute Gasteiger partial charge is 0.478 e. The topological polar surface area (TPSA) is 95.9 Å². The quantitative estimate of drug-likeness (QED) is 0.823. The van der Waals surface area contributed by atoms with Gasteiger partial charge < -0.3 is 10.1 Å². The van der Waals surface area contributed by atoms with Crippen LogP contribution in [0.5, 0.6) is 0 Å². The van der Waals surface area contributed by atoms with E-state index >= 15 is 0 Å². The van der Waals surface area contributed by atoms with Crippen LogP contribution in [0.4, 0.5) is 0 Å². The van der Waals surface area contributed by atoms with Crippen molar-refractivity contribution in [2.24, 2.45) is 0 Å². The Morgan fingerprint density at radius 2 is 2.10 bits per heavy atom. The summed E-state index contributed by atoms with van der Waals surface area (Å²) in [7, 11) is 0. The van der Waals surface area contributed by atoms with Gasteiger partial charge >= 0.3 is 5.97 Å². The van der Waals surface area contributed by atoms with Gasteiger partial charge in [-0.05, 0) is 37.2 Å². The summed E-state index contributed by atoms with van der Waals surface area (Å²) in [4.78, 5) is 33.9. The number of hydrogen-bond acceptors (Lipinski definition) is 5. The van der Waals surface area contributed by atoms with Gasteiger partial charge in [-0.25, -0.2) is 14.8 Å². The summed E-state index contributed by atoms with van der Waals surface area (Å²) < 4.78 is 0. The summed E-state index contributed by atoms with van der Waals surface area (Å²) in [6.45, 7) is 3.73. The number of H-pyrrole nitrogens is 1. The summed E-state index contributed by atoms with van der Waals surface area (Å²) in [5.41, 5.74) is 1.26. The van der Waals surface area contributed by atoms with Crippen molar-refractivity contribution in [2.75, 3.05) is 0 Å². The van der Waals surface area contributed by atoms with E-state index < -0.39 is 5.97 Å². The molecule has 0 aliphatic rings. The summed E-state index contributed by atoms with van der Waals surface area (Å²) in [6, 6.07) is 4.43. The van der Waals surface area contributed by atoms with E-state index in [0.29, 0.717) is 15.9 Å². The number of carboxylic acids is 1. The summed E-state index contributed by atoms with van der Waals surface area (Å²) in [5.74, 6) is -1.01. The van der Waals surface area contributed by atoms with Crippen LogP contribution in [0, 0.1) is 6.92 Å². The smallest absolute Gasteiger partial charge is 0.335 e. The molecule has 0 bridgehead atoms. The first-order valence-electron chi connectivity index (χ1n) is 6.48. The second kappa shape index (κ2) is 6.53. The second-order valence-electron chi connectivity index (χ2n) is 4.53. The standard InChI is InChI=1S/C14H15N3O3S/c1-3-4-10-7-11(18)17-14(16-10)21-12-6-9(13(19)20)5-8(2)15-12/h5-7H,3-4H2,1-2H3,(H,19,20)(H,16,17,18). The maximum atomic E-state index is 11.6. The lowest BCUT2D eigenvalue weighted by Gasteiger charge is -2.05. The van der Waals surface area contributed by atoms with Crippen molar-refractivity contribution < 1.29 is 9.90 Å². The minimum atomic E-state index is -1.01. The van der Waals surface area contributed by atoms with Crippen LogP contribution in [0.15, 0.2) is 33.2 Å². The average Bonchev–Trinajstić information content (AvgIpc) is 2.37.